The van der Waals surface area contributed by atoms with E-state index in [0.717, 1.165) is 12.8 Å². The van der Waals surface area contributed by atoms with Gasteiger partial charge in [0.15, 0.2) is 0 Å². The van der Waals surface area contributed by atoms with Gasteiger partial charge in [0.1, 0.15) is 5.82 Å². The van der Waals surface area contributed by atoms with Crippen LogP contribution in [0, 0.1) is 17.7 Å². The number of hydrogen-bond donors (Lipinski definition) is 1. The van der Waals surface area contributed by atoms with Crippen LogP contribution in [-0.2, 0) is 20.7 Å². The van der Waals surface area contributed by atoms with Gasteiger partial charge in [0.05, 0.1) is 18.6 Å². The number of carbonyl (C=O) groups excluding carboxylic acids is 2. The first kappa shape index (κ1) is 19.1. The molecule has 5 nitrogen and oxygen atoms in total. The minimum atomic E-state index is -0.434. The Morgan fingerprint density at radius 3 is 2.58 bits per heavy atom. The van der Waals surface area contributed by atoms with E-state index >= 15 is 0 Å². The Morgan fingerprint density at radius 2 is 1.96 bits per heavy atom. The van der Waals surface area contributed by atoms with Crippen LogP contribution < -0.4 is 5.32 Å². The molecule has 26 heavy (non-hydrogen) atoms. The molecule has 3 rings (SSSR count). The highest BCUT2D eigenvalue weighted by molar-refractivity contribution is 6.30. The molecule has 0 bridgehead atoms. The molecule has 0 radical (unpaired) electrons. The number of hydrogen-bond acceptors (Lipinski definition) is 3. The van der Waals surface area contributed by atoms with E-state index in [1.54, 1.807) is 13.2 Å². The maximum absolute atomic E-state index is 13.5. The summed E-state index contributed by atoms with van der Waals surface area (Å²) in [7, 11) is 1.66. The van der Waals surface area contributed by atoms with Crippen LogP contribution in [0.3, 0.4) is 0 Å². The number of carbonyl (C=O) groups is 2. The van der Waals surface area contributed by atoms with Gasteiger partial charge in [-0.1, -0.05) is 11.6 Å². The van der Waals surface area contributed by atoms with Crippen molar-refractivity contribution in [1.29, 1.82) is 0 Å². The van der Waals surface area contributed by atoms with Crippen LogP contribution in [0.2, 0.25) is 5.02 Å². The summed E-state index contributed by atoms with van der Waals surface area (Å²) < 4.78 is 19.0. The van der Waals surface area contributed by atoms with Gasteiger partial charge in [-0.15, -0.1) is 0 Å². The highest BCUT2D eigenvalue weighted by Crippen LogP contribution is 2.37. The van der Waals surface area contributed by atoms with Crippen LogP contribution in [0.4, 0.5) is 4.39 Å². The molecule has 1 N–H and O–H groups in total. The van der Waals surface area contributed by atoms with Gasteiger partial charge in [0.25, 0.3) is 0 Å². The van der Waals surface area contributed by atoms with E-state index in [9.17, 15) is 14.0 Å². The Bertz CT molecular complexity index is 679. The van der Waals surface area contributed by atoms with E-state index in [1.807, 2.05) is 4.90 Å². The van der Waals surface area contributed by atoms with Gasteiger partial charge in [-0.25, -0.2) is 4.39 Å². The molecule has 0 spiro atoms. The van der Waals surface area contributed by atoms with Crippen molar-refractivity contribution < 1.29 is 18.7 Å². The van der Waals surface area contributed by atoms with E-state index < -0.39 is 5.82 Å². The van der Waals surface area contributed by atoms with Crippen LogP contribution in [-0.4, -0.2) is 49.1 Å². The molecule has 1 aromatic carbocycles. The van der Waals surface area contributed by atoms with E-state index in [2.05, 4.69) is 5.32 Å². The fraction of sp³-hybridized carbons (Fsp3) is 0.579. The second-order valence-electron chi connectivity index (χ2n) is 7.33. The first-order chi connectivity index (χ1) is 12.4. The van der Waals surface area contributed by atoms with Crippen molar-refractivity contribution >= 4 is 23.4 Å². The number of nitrogens with zero attached hydrogens (tertiary/aromatic N) is 1. The SMILES string of the molecule is CO[C@@H]1C[C@H]2CN(C(=O)Cc3cc(F)cc(Cl)c3)C[C@H]2C[C@H]1NC(C)=O. The van der Waals surface area contributed by atoms with Crippen LogP contribution in [0.5, 0.6) is 0 Å². The predicted molar refractivity (Wildman–Crippen MR) is 96.3 cm³/mol. The van der Waals surface area contributed by atoms with Crippen molar-refractivity contribution in [2.24, 2.45) is 11.8 Å². The first-order valence-corrected chi connectivity index (χ1v) is 9.26. The minimum Gasteiger partial charge on any atom is -0.379 e. The molecule has 1 saturated carbocycles. The number of benzene rings is 1. The molecular weight excluding hydrogens is 359 g/mol. The second kappa shape index (κ2) is 7.92. The van der Waals surface area contributed by atoms with Crippen molar-refractivity contribution in [2.45, 2.75) is 38.3 Å². The lowest BCUT2D eigenvalue weighted by Crippen LogP contribution is -2.49. The number of methoxy groups -OCH3 is 1. The summed E-state index contributed by atoms with van der Waals surface area (Å²) in [5.74, 6) is 0.190. The Labute approximate surface area is 157 Å². The van der Waals surface area contributed by atoms with Crippen molar-refractivity contribution in [2.75, 3.05) is 20.2 Å². The standard InChI is InChI=1S/C19H24ClFN2O3/c1-11(24)22-17-6-13-9-23(10-14(13)7-18(17)26-2)19(25)5-12-3-15(20)8-16(21)4-12/h3-4,8,13-14,17-18H,5-7,9-10H2,1-2H3,(H,22,24)/t13-,14+,17-,18-/m1/s1. The third kappa shape index (κ3) is 4.35. The van der Waals surface area contributed by atoms with Gasteiger partial charge in [-0.3, -0.25) is 9.59 Å². The molecule has 2 fully saturated rings. The van der Waals surface area contributed by atoms with Gasteiger partial charge in [-0.2, -0.15) is 0 Å². The maximum atomic E-state index is 13.5. The molecule has 0 aromatic heterocycles. The van der Waals surface area contributed by atoms with E-state index in [4.69, 9.17) is 16.3 Å². The Hall–Kier alpha value is -1.66. The first-order valence-electron chi connectivity index (χ1n) is 8.88. The highest BCUT2D eigenvalue weighted by atomic mass is 35.5. The lowest BCUT2D eigenvalue weighted by Gasteiger charge is -2.37. The number of ether oxygens (including phenoxy) is 1. The van der Waals surface area contributed by atoms with Crippen molar-refractivity contribution in [3.8, 4) is 0 Å². The molecule has 0 unspecified atom stereocenters. The summed E-state index contributed by atoms with van der Waals surface area (Å²) in [4.78, 5) is 25.9. The summed E-state index contributed by atoms with van der Waals surface area (Å²) in [6.45, 7) is 2.85. The maximum Gasteiger partial charge on any atom is 0.227 e. The number of rotatable bonds is 4. The summed E-state index contributed by atoms with van der Waals surface area (Å²) in [5, 5.41) is 3.26. The van der Waals surface area contributed by atoms with E-state index in [0.29, 0.717) is 35.5 Å². The molecule has 2 aliphatic rings. The molecule has 4 atom stereocenters. The zero-order chi connectivity index (χ0) is 18.8. The Morgan fingerprint density at radius 1 is 1.27 bits per heavy atom. The minimum absolute atomic E-state index is 0.0178. The van der Waals surface area contributed by atoms with Crippen LogP contribution in [0.25, 0.3) is 0 Å². The molecule has 142 valence electrons. The van der Waals surface area contributed by atoms with E-state index in [1.165, 1.54) is 19.1 Å². The van der Waals surface area contributed by atoms with Gasteiger partial charge in [-0.05, 0) is 48.4 Å². The molecule has 7 heteroatoms. The third-order valence-electron chi connectivity index (χ3n) is 5.44. The average molecular weight is 383 g/mol. The van der Waals surface area contributed by atoms with Gasteiger partial charge < -0.3 is 15.0 Å². The summed E-state index contributed by atoms with van der Waals surface area (Å²) in [6, 6.07) is 4.18. The number of likely N-dealkylation sites (tertiary alicyclic amines) is 1. The van der Waals surface area contributed by atoms with Crippen LogP contribution >= 0.6 is 11.6 Å². The van der Waals surface area contributed by atoms with Gasteiger partial charge >= 0.3 is 0 Å². The van der Waals surface area contributed by atoms with Crippen LogP contribution in [0.15, 0.2) is 18.2 Å². The molecule has 1 aliphatic carbocycles. The fourth-order valence-corrected chi connectivity index (χ4v) is 4.53. The zero-order valence-corrected chi connectivity index (χ0v) is 15.8. The highest BCUT2D eigenvalue weighted by Gasteiger charge is 2.43. The number of fused-ring (bicyclic) bond motifs is 1. The lowest BCUT2D eigenvalue weighted by atomic mass is 9.77. The Kier molecular flexibility index (Phi) is 5.82. The Balaban J connectivity index is 1.63. The predicted octanol–water partition coefficient (Wildman–Crippen LogP) is 2.41. The molecular formula is C19H24ClFN2O3. The molecule has 1 aromatic rings. The van der Waals surface area contributed by atoms with Crippen molar-refractivity contribution in [1.82, 2.24) is 10.2 Å². The number of amides is 2. The lowest BCUT2D eigenvalue weighted by molar-refractivity contribution is -0.129. The van der Waals surface area contributed by atoms with E-state index in [-0.39, 0.29) is 30.4 Å². The largest absolute Gasteiger partial charge is 0.379 e. The van der Waals surface area contributed by atoms with Gasteiger partial charge in [0.2, 0.25) is 11.8 Å². The number of nitrogens with one attached hydrogen (secondary N) is 1. The summed E-state index contributed by atoms with van der Waals surface area (Å²) in [6.07, 6.45) is 1.73. The van der Waals surface area contributed by atoms with Gasteiger partial charge in [0, 0.05) is 32.1 Å². The molecule has 1 aliphatic heterocycles. The van der Waals surface area contributed by atoms with Crippen molar-refractivity contribution in [3.05, 3.63) is 34.6 Å². The second-order valence-corrected chi connectivity index (χ2v) is 7.76. The molecule has 2 amide bonds. The molecule has 1 heterocycles. The van der Waals surface area contributed by atoms with Crippen molar-refractivity contribution in [3.63, 3.8) is 0 Å². The quantitative estimate of drug-likeness (QED) is 0.870. The smallest absolute Gasteiger partial charge is 0.227 e. The zero-order valence-electron chi connectivity index (χ0n) is 15.0. The average Bonchev–Trinajstić information content (AvgIpc) is 2.95. The summed E-state index contributed by atoms with van der Waals surface area (Å²) >= 11 is 5.87. The third-order valence-corrected chi connectivity index (χ3v) is 5.66. The topological polar surface area (TPSA) is 58.6 Å². The number of halogens is 2. The molecule has 1 saturated heterocycles. The van der Waals surface area contributed by atoms with Crippen LogP contribution in [0.1, 0.15) is 25.3 Å². The monoisotopic (exact) mass is 382 g/mol. The fourth-order valence-electron chi connectivity index (χ4n) is 4.29. The normalized spacial score (nSPS) is 27.9. The summed E-state index contributed by atoms with van der Waals surface area (Å²) in [5.41, 5.74) is 0.584.